The molecule has 0 aromatic carbocycles. The Morgan fingerprint density at radius 3 is 3.11 bits per heavy atom. The molecule has 0 saturated carbocycles. The smallest absolute Gasteiger partial charge is 0.180 e. The fourth-order valence-electron chi connectivity index (χ4n) is 1.63. The predicted octanol–water partition coefficient (Wildman–Crippen LogP) is 0.881. The van der Waals surface area contributed by atoms with Crippen LogP contribution in [0.3, 0.4) is 0 Å². The van der Waals surface area contributed by atoms with Gasteiger partial charge in [-0.2, -0.15) is 0 Å². The number of imidazole rings is 1. The van der Waals surface area contributed by atoms with Gasteiger partial charge in [-0.3, -0.25) is 4.21 Å². The van der Waals surface area contributed by atoms with Crippen LogP contribution in [0, 0.1) is 0 Å². The molecule has 6 nitrogen and oxygen atoms in total. The normalized spacial score (nSPS) is 14.6. The Labute approximate surface area is 108 Å². The highest BCUT2D eigenvalue weighted by molar-refractivity contribution is 7.84. The molecule has 18 heavy (non-hydrogen) atoms. The molecule has 0 aliphatic carbocycles. The molecule has 0 radical (unpaired) electrons. The number of hydrogen-bond donors (Lipinski definition) is 2. The molecule has 0 amide bonds. The summed E-state index contributed by atoms with van der Waals surface area (Å²) in [6.45, 7) is 2.66. The predicted molar refractivity (Wildman–Crippen MR) is 74.0 cm³/mol. The van der Waals surface area contributed by atoms with Crippen molar-refractivity contribution in [3.63, 3.8) is 0 Å². The van der Waals surface area contributed by atoms with Gasteiger partial charge in [0, 0.05) is 41.2 Å². The standard InChI is InChI=1S/C11H17N5OS/c1-8(18(2)17)3-4-13-10-11-14-5-6-16(11)7-9(12)15-10/h5-8H,3-4,12H2,1-2H3,(H,13,15). The number of rotatable bonds is 5. The molecule has 0 saturated heterocycles. The molecule has 2 aromatic heterocycles. The summed E-state index contributed by atoms with van der Waals surface area (Å²) in [6, 6.07) is 0. The van der Waals surface area contributed by atoms with Gasteiger partial charge in [-0.1, -0.05) is 6.92 Å². The first kappa shape index (κ1) is 12.8. The molecule has 2 atom stereocenters. The van der Waals surface area contributed by atoms with Crippen LogP contribution in [0.5, 0.6) is 0 Å². The minimum absolute atomic E-state index is 0.161. The van der Waals surface area contributed by atoms with E-state index in [0.717, 1.165) is 12.1 Å². The number of nitrogen functional groups attached to an aromatic ring is 1. The van der Waals surface area contributed by atoms with Crippen LogP contribution in [0.1, 0.15) is 13.3 Å². The van der Waals surface area contributed by atoms with Crippen LogP contribution in [0.2, 0.25) is 0 Å². The summed E-state index contributed by atoms with van der Waals surface area (Å²) in [4.78, 5) is 8.44. The molecular formula is C11H17N5OS. The number of nitrogens with zero attached hydrogens (tertiary/aromatic N) is 3. The Hall–Kier alpha value is -1.63. The van der Waals surface area contributed by atoms with Gasteiger partial charge in [0.05, 0.1) is 6.20 Å². The van der Waals surface area contributed by atoms with Crippen LogP contribution >= 0.6 is 0 Å². The molecule has 0 bridgehead atoms. The van der Waals surface area contributed by atoms with E-state index in [9.17, 15) is 4.21 Å². The van der Waals surface area contributed by atoms with E-state index in [1.54, 1.807) is 18.6 Å². The first-order chi connectivity index (χ1) is 8.58. The zero-order valence-corrected chi connectivity index (χ0v) is 11.3. The van der Waals surface area contributed by atoms with E-state index in [1.807, 2.05) is 17.5 Å². The van der Waals surface area contributed by atoms with Gasteiger partial charge >= 0.3 is 0 Å². The number of fused-ring (bicyclic) bond motifs is 1. The quantitative estimate of drug-likeness (QED) is 0.840. The lowest BCUT2D eigenvalue weighted by Gasteiger charge is -2.10. The van der Waals surface area contributed by atoms with E-state index in [1.165, 1.54) is 0 Å². The van der Waals surface area contributed by atoms with Crippen molar-refractivity contribution in [2.45, 2.75) is 18.6 Å². The van der Waals surface area contributed by atoms with Crippen LogP contribution in [0.25, 0.3) is 5.65 Å². The minimum Gasteiger partial charge on any atom is -0.382 e. The second kappa shape index (κ2) is 5.34. The Bertz CT molecular complexity index is 568. The second-order valence-electron chi connectivity index (χ2n) is 4.20. The highest BCUT2D eigenvalue weighted by Gasteiger charge is 2.08. The average molecular weight is 267 g/mol. The van der Waals surface area contributed by atoms with Gasteiger partial charge < -0.3 is 15.5 Å². The third-order valence-electron chi connectivity index (χ3n) is 2.80. The Morgan fingerprint density at radius 1 is 1.61 bits per heavy atom. The molecule has 0 aliphatic rings. The molecule has 0 spiro atoms. The van der Waals surface area contributed by atoms with E-state index < -0.39 is 10.8 Å². The fraction of sp³-hybridized carbons (Fsp3) is 0.455. The summed E-state index contributed by atoms with van der Waals surface area (Å²) < 4.78 is 13.1. The molecule has 2 unspecified atom stereocenters. The summed E-state index contributed by atoms with van der Waals surface area (Å²) in [5.41, 5.74) is 6.46. The number of hydrogen-bond acceptors (Lipinski definition) is 5. The molecule has 2 rings (SSSR count). The summed E-state index contributed by atoms with van der Waals surface area (Å²) in [5.74, 6) is 1.10. The fourth-order valence-corrected chi connectivity index (χ4v) is 2.08. The molecule has 2 heterocycles. The van der Waals surface area contributed by atoms with Crippen molar-refractivity contribution in [1.29, 1.82) is 0 Å². The number of anilines is 2. The summed E-state index contributed by atoms with van der Waals surface area (Å²) in [5, 5.41) is 3.35. The maximum absolute atomic E-state index is 11.2. The molecule has 98 valence electrons. The molecule has 0 fully saturated rings. The molecule has 3 N–H and O–H groups in total. The number of aromatic nitrogens is 3. The topological polar surface area (TPSA) is 85.3 Å². The average Bonchev–Trinajstić information content (AvgIpc) is 2.76. The highest BCUT2D eigenvalue weighted by Crippen LogP contribution is 2.14. The van der Waals surface area contributed by atoms with Crippen molar-refractivity contribution in [2.24, 2.45) is 0 Å². The van der Waals surface area contributed by atoms with Crippen LogP contribution in [-0.2, 0) is 10.8 Å². The van der Waals surface area contributed by atoms with Crippen LogP contribution < -0.4 is 11.1 Å². The van der Waals surface area contributed by atoms with Gasteiger partial charge in [-0.15, -0.1) is 0 Å². The van der Waals surface area contributed by atoms with Crippen molar-refractivity contribution in [2.75, 3.05) is 23.9 Å². The van der Waals surface area contributed by atoms with Crippen molar-refractivity contribution >= 4 is 28.1 Å². The van der Waals surface area contributed by atoms with Gasteiger partial charge in [-0.25, -0.2) is 9.97 Å². The Balaban J connectivity index is 2.07. The zero-order valence-electron chi connectivity index (χ0n) is 10.5. The third kappa shape index (κ3) is 2.79. The zero-order chi connectivity index (χ0) is 13.1. The van der Waals surface area contributed by atoms with E-state index in [-0.39, 0.29) is 5.25 Å². The maximum Gasteiger partial charge on any atom is 0.180 e. The van der Waals surface area contributed by atoms with Gasteiger partial charge in [0.15, 0.2) is 11.5 Å². The van der Waals surface area contributed by atoms with Gasteiger partial charge in [-0.05, 0) is 6.42 Å². The van der Waals surface area contributed by atoms with Gasteiger partial charge in [0.2, 0.25) is 0 Å². The highest BCUT2D eigenvalue weighted by atomic mass is 32.2. The van der Waals surface area contributed by atoms with E-state index in [4.69, 9.17) is 5.73 Å². The lowest BCUT2D eigenvalue weighted by atomic mass is 10.3. The van der Waals surface area contributed by atoms with E-state index in [0.29, 0.717) is 18.2 Å². The van der Waals surface area contributed by atoms with Crippen LogP contribution in [-0.4, -0.2) is 36.6 Å². The lowest BCUT2D eigenvalue weighted by molar-refractivity contribution is 0.672. The minimum atomic E-state index is -0.798. The van der Waals surface area contributed by atoms with Crippen molar-refractivity contribution in [3.05, 3.63) is 18.6 Å². The summed E-state index contributed by atoms with van der Waals surface area (Å²) in [6.07, 6.45) is 7.77. The van der Waals surface area contributed by atoms with Crippen LogP contribution in [0.15, 0.2) is 18.6 Å². The Morgan fingerprint density at radius 2 is 2.39 bits per heavy atom. The largest absolute Gasteiger partial charge is 0.382 e. The van der Waals surface area contributed by atoms with Gasteiger partial charge in [0.25, 0.3) is 0 Å². The first-order valence-corrected chi connectivity index (χ1v) is 7.35. The number of nitrogens with two attached hydrogens (primary N) is 1. The summed E-state index contributed by atoms with van der Waals surface area (Å²) >= 11 is 0. The molecule has 2 aromatic rings. The molecular weight excluding hydrogens is 250 g/mol. The van der Waals surface area contributed by atoms with E-state index >= 15 is 0 Å². The van der Waals surface area contributed by atoms with Crippen molar-refractivity contribution in [1.82, 2.24) is 14.4 Å². The monoisotopic (exact) mass is 267 g/mol. The first-order valence-electron chi connectivity index (χ1n) is 5.73. The SMILES string of the molecule is CC(CCNc1nc(N)cn2ccnc12)S(C)=O. The van der Waals surface area contributed by atoms with E-state index in [2.05, 4.69) is 15.3 Å². The molecule has 7 heteroatoms. The van der Waals surface area contributed by atoms with Crippen LogP contribution in [0.4, 0.5) is 11.6 Å². The Kier molecular flexibility index (Phi) is 3.81. The van der Waals surface area contributed by atoms with Crippen molar-refractivity contribution in [3.8, 4) is 0 Å². The number of nitrogens with one attached hydrogen (secondary N) is 1. The lowest BCUT2D eigenvalue weighted by Crippen LogP contribution is -2.16. The molecule has 0 aliphatic heterocycles. The second-order valence-corrected chi connectivity index (χ2v) is 6.00. The van der Waals surface area contributed by atoms with Crippen molar-refractivity contribution < 1.29 is 4.21 Å². The third-order valence-corrected chi connectivity index (χ3v) is 4.17. The maximum atomic E-state index is 11.2. The summed E-state index contributed by atoms with van der Waals surface area (Å²) in [7, 11) is -0.798. The van der Waals surface area contributed by atoms with Gasteiger partial charge in [0.1, 0.15) is 5.82 Å².